The van der Waals surface area contributed by atoms with E-state index in [-0.39, 0.29) is 0 Å². The quantitative estimate of drug-likeness (QED) is 0.0538. The Labute approximate surface area is 404 Å². The van der Waals surface area contributed by atoms with E-state index in [1.54, 1.807) is 0 Å². The first-order valence-corrected chi connectivity index (χ1v) is 22.7. The van der Waals surface area contributed by atoms with Crippen molar-refractivity contribution in [1.29, 1.82) is 0 Å². The molecule has 5 aliphatic rings. The summed E-state index contributed by atoms with van der Waals surface area (Å²) in [7, 11) is 0. The van der Waals surface area contributed by atoms with Gasteiger partial charge in [-0.2, -0.15) is 0 Å². The van der Waals surface area contributed by atoms with Crippen LogP contribution in [-0.2, 0) is 57.0 Å². The van der Waals surface area contributed by atoms with Crippen LogP contribution in [0.3, 0.4) is 0 Å². The van der Waals surface area contributed by atoms with Gasteiger partial charge in [-0.3, -0.25) is 9.59 Å². The van der Waals surface area contributed by atoms with Crippen molar-refractivity contribution < 1.29 is 144 Å². The molecule has 0 saturated carbocycles. The number of amides is 2. The van der Waals surface area contributed by atoms with Crippen molar-refractivity contribution in [2.24, 2.45) is 0 Å². The Hall–Kier alpha value is -2.14. The third-order valence-corrected chi connectivity index (χ3v) is 12.8. The molecule has 2 amide bonds. The number of nitrogens with one attached hydrogen (secondary N) is 2. The largest absolute Gasteiger partial charge is 0.394 e. The van der Waals surface area contributed by atoms with Crippen molar-refractivity contribution in [3.8, 4) is 0 Å². The van der Waals surface area contributed by atoms with E-state index in [1.165, 1.54) is 13.8 Å². The standard InChI is InChI=1S/C40H70N2O29/c1-10-20(50)26(56)30(60)37(63-10)70-34-28(58)23(53)16(6-44)65-39(34)68-32(14(5-43)41-12(3)47)22(52)15(49)9-62-36-19(42-13(4)48)25(55)33(18(8-46)67-36)69-40-35(29(59)24(54)17(7-45)66-40)71-38-31(61)27(57)21(51)11(2)64-38/h10-11,14-40,43-46,49-61H,5-9H2,1-4H3,(H,41,47)(H,42,48)/t10-,11-,14-,15+,16+,17+,18+,19+,20+,21+,22-,23-,24-,25+,26+,27+,28-,29-,30-,31-,32+,33-,34+,35+,36+,37-,38-,39-,40-/m0/s1. The summed E-state index contributed by atoms with van der Waals surface area (Å²) < 4.78 is 57.1. The Bertz CT molecular complexity index is 1660. The topological polar surface area (TPSA) is 494 Å². The molecular weight excluding hydrogens is 972 g/mol. The van der Waals surface area contributed by atoms with Gasteiger partial charge in [-0.05, 0) is 13.8 Å². The van der Waals surface area contributed by atoms with E-state index in [4.69, 9.17) is 47.4 Å². The van der Waals surface area contributed by atoms with E-state index in [0.717, 1.165) is 13.8 Å². The maximum Gasteiger partial charge on any atom is 0.217 e. The summed E-state index contributed by atoms with van der Waals surface area (Å²) in [5.41, 5.74) is 0. The first-order chi connectivity index (χ1) is 33.4. The molecule has 5 saturated heterocycles. The van der Waals surface area contributed by atoms with Crippen LogP contribution in [-0.4, -0.2) is 309 Å². The molecule has 5 rings (SSSR count). The average molecular weight is 1040 g/mol. The fourth-order valence-corrected chi connectivity index (χ4v) is 8.68. The van der Waals surface area contributed by atoms with Gasteiger partial charge in [0.25, 0.3) is 0 Å². The second kappa shape index (κ2) is 26.1. The fourth-order valence-electron chi connectivity index (χ4n) is 8.68. The highest BCUT2D eigenvalue weighted by atomic mass is 16.8. The maximum absolute atomic E-state index is 12.5. The highest BCUT2D eigenvalue weighted by Crippen LogP contribution is 2.35. The number of carbonyl (C=O) groups is 2. The molecule has 0 aromatic heterocycles. The van der Waals surface area contributed by atoms with Crippen LogP contribution in [0.1, 0.15) is 27.7 Å². The summed E-state index contributed by atoms with van der Waals surface area (Å²) in [6.45, 7) is -0.270. The smallest absolute Gasteiger partial charge is 0.217 e. The zero-order chi connectivity index (χ0) is 52.9. The Morgan fingerprint density at radius 2 is 0.958 bits per heavy atom. The molecule has 29 atom stereocenters. The highest BCUT2D eigenvalue weighted by Gasteiger charge is 2.56. The number of aliphatic hydroxyl groups is 17. The van der Waals surface area contributed by atoms with E-state index in [1.807, 2.05) is 0 Å². The number of ether oxygens (including phenoxy) is 10. The van der Waals surface area contributed by atoms with E-state index < -0.39 is 223 Å². The molecule has 19 N–H and O–H groups in total. The van der Waals surface area contributed by atoms with Crippen molar-refractivity contribution in [3.05, 3.63) is 0 Å². The van der Waals surface area contributed by atoms with Gasteiger partial charge < -0.3 is 145 Å². The molecule has 0 aliphatic carbocycles. The molecule has 5 fully saturated rings. The molecule has 0 aromatic rings. The van der Waals surface area contributed by atoms with Crippen LogP contribution in [0, 0.1) is 0 Å². The van der Waals surface area contributed by atoms with Gasteiger partial charge >= 0.3 is 0 Å². The van der Waals surface area contributed by atoms with Crippen LogP contribution in [0.15, 0.2) is 0 Å². The fraction of sp³-hybridized carbons (Fsp3) is 0.950. The molecule has 71 heavy (non-hydrogen) atoms. The average Bonchev–Trinajstić information content (AvgIpc) is 3.33. The number of aliphatic hydroxyl groups excluding tert-OH is 17. The van der Waals surface area contributed by atoms with Gasteiger partial charge in [0.15, 0.2) is 31.5 Å². The third-order valence-electron chi connectivity index (χ3n) is 12.8. The van der Waals surface area contributed by atoms with Crippen molar-refractivity contribution >= 4 is 11.8 Å². The maximum atomic E-state index is 12.5. The summed E-state index contributed by atoms with van der Waals surface area (Å²) in [6, 6.07) is -3.36. The SMILES string of the molecule is CC(=O)N[C@H]1[C@H](OC[C@@H](O)[C@H](O)[C@H](O[C@@H]2O[C@H](CO)[C@H](O)[C@H](O)[C@H]2O[C@@H]2O[C@@H](C)[C@@H](O)[C@@H](O)[C@@H]2O)[C@H](CO)NC(C)=O)O[C@H](CO)[C@H](O[C@@H]2O[C@H](CO)[C@H](O)[C@H](O)[C@H]2O[C@@H]2O[C@@H](C)[C@@H](O)[C@@H](O)[C@@H]2O)[C@@H]1O. The van der Waals surface area contributed by atoms with Gasteiger partial charge in [-0.15, -0.1) is 0 Å². The minimum atomic E-state index is -2.29. The molecule has 31 heteroatoms. The molecule has 5 aliphatic heterocycles. The summed E-state index contributed by atoms with van der Waals surface area (Å²) in [6.07, 6.45) is -49.4. The first-order valence-electron chi connectivity index (χ1n) is 22.7. The molecule has 0 radical (unpaired) electrons. The van der Waals surface area contributed by atoms with Gasteiger partial charge in [-0.1, -0.05) is 0 Å². The predicted octanol–water partition coefficient (Wildman–Crippen LogP) is -12.1. The molecular formula is C40H70N2O29. The Morgan fingerprint density at radius 3 is 1.41 bits per heavy atom. The van der Waals surface area contributed by atoms with Crippen LogP contribution < -0.4 is 10.6 Å². The second-order valence-electron chi connectivity index (χ2n) is 18.0. The number of hydrogen-bond acceptors (Lipinski definition) is 29. The van der Waals surface area contributed by atoms with Crippen LogP contribution in [0.25, 0.3) is 0 Å². The Balaban J connectivity index is 1.37. The third kappa shape index (κ3) is 13.6. The molecule has 0 aromatic carbocycles. The van der Waals surface area contributed by atoms with Gasteiger partial charge in [0.1, 0.15) is 128 Å². The summed E-state index contributed by atoms with van der Waals surface area (Å²) in [5.74, 6) is -1.63. The normalized spacial score (nSPS) is 46.1. The predicted molar refractivity (Wildman–Crippen MR) is 222 cm³/mol. The summed E-state index contributed by atoms with van der Waals surface area (Å²) in [4.78, 5) is 24.8. The molecule has 5 heterocycles. The Kier molecular flexibility index (Phi) is 21.9. The zero-order valence-corrected chi connectivity index (χ0v) is 38.8. The highest BCUT2D eigenvalue weighted by molar-refractivity contribution is 5.73. The zero-order valence-electron chi connectivity index (χ0n) is 38.8. The molecule has 0 spiro atoms. The first kappa shape index (κ1) is 59.7. The van der Waals surface area contributed by atoms with E-state index in [9.17, 15) is 96.4 Å². The second-order valence-corrected chi connectivity index (χ2v) is 18.0. The molecule has 0 unspecified atom stereocenters. The minimum Gasteiger partial charge on any atom is -0.394 e. The van der Waals surface area contributed by atoms with Gasteiger partial charge in [-0.25, -0.2) is 0 Å². The van der Waals surface area contributed by atoms with Crippen molar-refractivity contribution in [2.45, 2.75) is 206 Å². The van der Waals surface area contributed by atoms with Gasteiger partial charge in [0.05, 0.1) is 51.3 Å². The summed E-state index contributed by atoms with van der Waals surface area (Å²) >= 11 is 0. The van der Waals surface area contributed by atoms with Crippen molar-refractivity contribution in [3.63, 3.8) is 0 Å². The molecule has 0 bridgehead atoms. The van der Waals surface area contributed by atoms with Crippen molar-refractivity contribution in [2.75, 3.05) is 33.0 Å². The number of carbonyl (C=O) groups excluding carboxylic acids is 2. The van der Waals surface area contributed by atoms with Crippen LogP contribution in [0.4, 0.5) is 0 Å². The van der Waals surface area contributed by atoms with Crippen LogP contribution in [0.5, 0.6) is 0 Å². The monoisotopic (exact) mass is 1040 g/mol. The minimum absolute atomic E-state index is 0.811. The van der Waals surface area contributed by atoms with Crippen molar-refractivity contribution in [1.82, 2.24) is 10.6 Å². The molecule has 414 valence electrons. The van der Waals surface area contributed by atoms with Gasteiger partial charge in [0, 0.05) is 13.8 Å². The lowest BCUT2D eigenvalue weighted by Gasteiger charge is -2.49. The number of rotatable bonds is 20. The Morgan fingerprint density at radius 1 is 0.507 bits per heavy atom. The number of hydrogen-bond donors (Lipinski definition) is 19. The lowest BCUT2D eigenvalue weighted by molar-refractivity contribution is -0.383. The molecule has 31 nitrogen and oxygen atoms in total. The lowest BCUT2D eigenvalue weighted by Crippen LogP contribution is -2.68. The van der Waals surface area contributed by atoms with Crippen LogP contribution >= 0.6 is 0 Å². The van der Waals surface area contributed by atoms with E-state index in [2.05, 4.69) is 10.6 Å². The van der Waals surface area contributed by atoms with E-state index >= 15 is 0 Å². The summed E-state index contributed by atoms with van der Waals surface area (Å²) in [5, 5.41) is 186. The van der Waals surface area contributed by atoms with Gasteiger partial charge in [0.2, 0.25) is 11.8 Å². The van der Waals surface area contributed by atoms with Crippen LogP contribution in [0.2, 0.25) is 0 Å². The lowest BCUT2D eigenvalue weighted by atomic mass is 9.95. The van der Waals surface area contributed by atoms with E-state index in [0.29, 0.717) is 0 Å².